The van der Waals surface area contributed by atoms with Gasteiger partial charge in [0.1, 0.15) is 5.75 Å². The summed E-state index contributed by atoms with van der Waals surface area (Å²) in [5, 5.41) is 2.99. The third-order valence-electron chi connectivity index (χ3n) is 6.43. The number of hydrogen-bond acceptors (Lipinski definition) is 6. The van der Waals surface area contributed by atoms with E-state index in [2.05, 4.69) is 22.1 Å². The second kappa shape index (κ2) is 10.9. The van der Waals surface area contributed by atoms with Crippen LogP contribution in [0.5, 0.6) is 5.75 Å². The van der Waals surface area contributed by atoms with Crippen LogP contribution in [0.4, 0.5) is 10.5 Å². The average Bonchev–Trinajstić information content (AvgIpc) is 3.24. The van der Waals surface area contributed by atoms with Gasteiger partial charge in [-0.1, -0.05) is 19.3 Å². The minimum Gasteiger partial charge on any atom is -0.410 e. The Morgan fingerprint density at radius 2 is 1.81 bits per heavy atom. The van der Waals surface area contributed by atoms with E-state index in [4.69, 9.17) is 4.74 Å². The summed E-state index contributed by atoms with van der Waals surface area (Å²) in [6.45, 7) is 6.06. The number of amides is 2. The molecule has 32 heavy (non-hydrogen) atoms. The molecule has 8 heteroatoms. The largest absolute Gasteiger partial charge is 0.415 e. The van der Waals surface area contributed by atoms with Crippen LogP contribution in [0, 0.1) is 12.8 Å². The average molecular weight is 457 g/mol. The van der Waals surface area contributed by atoms with E-state index < -0.39 is 0 Å². The van der Waals surface area contributed by atoms with Gasteiger partial charge in [0.15, 0.2) is 0 Å². The fourth-order valence-corrected chi connectivity index (χ4v) is 5.13. The molecule has 2 heterocycles. The van der Waals surface area contributed by atoms with Gasteiger partial charge in [0, 0.05) is 49.2 Å². The Hall–Kier alpha value is -2.45. The number of rotatable bonds is 6. The van der Waals surface area contributed by atoms with Gasteiger partial charge in [-0.2, -0.15) is 0 Å². The number of thiazole rings is 1. The molecule has 172 valence electrons. The van der Waals surface area contributed by atoms with Crippen molar-refractivity contribution >= 4 is 29.0 Å². The van der Waals surface area contributed by atoms with Crippen LogP contribution in [0.15, 0.2) is 29.8 Å². The number of hydrogen-bond donors (Lipinski definition) is 1. The molecule has 1 N–H and O–H groups in total. The predicted molar refractivity (Wildman–Crippen MR) is 126 cm³/mol. The van der Waals surface area contributed by atoms with E-state index in [0.29, 0.717) is 18.8 Å². The van der Waals surface area contributed by atoms with E-state index >= 15 is 0 Å². The number of ether oxygens (including phenoxy) is 1. The third-order valence-corrected chi connectivity index (χ3v) is 7.43. The van der Waals surface area contributed by atoms with E-state index in [1.165, 1.54) is 11.3 Å². The number of nitrogens with zero attached hydrogens (tertiary/aromatic N) is 3. The first-order valence-electron chi connectivity index (χ1n) is 11.6. The quantitative estimate of drug-likeness (QED) is 0.700. The highest BCUT2D eigenvalue weighted by Gasteiger charge is 2.23. The third kappa shape index (κ3) is 6.07. The Labute approximate surface area is 193 Å². The summed E-state index contributed by atoms with van der Waals surface area (Å²) in [5.74, 6) is 0.706. The first kappa shape index (κ1) is 22.7. The monoisotopic (exact) mass is 456 g/mol. The molecular weight excluding hydrogens is 424 g/mol. The molecule has 0 atom stereocenters. The summed E-state index contributed by atoms with van der Waals surface area (Å²) >= 11 is 1.71. The molecule has 2 aliphatic rings. The number of anilines is 1. The van der Waals surface area contributed by atoms with Crippen LogP contribution in [0.25, 0.3) is 0 Å². The van der Waals surface area contributed by atoms with Gasteiger partial charge < -0.3 is 15.0 Å². The van der Waals surface area contributed by atoms with Crippen LogP contribution in [0.2, 0.25) is 0 Å². The Kier molecular flexibility index (Phi) is 7.76. The van der Waals surface area contributed by atoms with Gasteiger partial charge >= 0.3 is 6.09 Å². The molecule has 0 radical (unpaired) electrons. The molecule has 1 aliphatic carbocycles. The fourth-order valence-electron chi connectivity index (χ4n) is 4.36. The number of aryl methyl sites for hydroxylation is 1. The molecule has 4 rings (SSSR count). The lowest BCUT2D eigenvalue weighted by Crippen LogP contribution is -2.49. The van der Waals surface area contributed by atoms with Crippen LogP contribution in [-0.2, 0) is 11.2 Å². The van der Waals surface area contributed by atoms with Crippen molar-refractivity contribution in [3.05, 3.63) is 40.3 Å². The molecule has 0 spiro atoms. The Morgan fingerprint density at radius 1 is 1.09 bits per heavy atom. The molecular formula is C24H32N4O3S. The maximum atomic E-state index is 12.5. The van der Waals surface area contributed by atoms with Gasteiger partial charge in [-0.25, -0.2) is 9.78 Å². The first-order valence-corrected chi connectivity index (χ1v) is 12.5. The van der Waals surface area contributed by atoms with Crippen LogP contribution in [-0.4, -0.2) is 59.5 Å². The number of carbonyl (C=O) groups is 2. The van der Waals surface area contributed by atoms with Crippen LogP contribution < -0.4 is 10.1 Å². The summed E-state index contributed by atoms with van der Waals surface area (Å²) in [5.41, 5.74) is 3.76. The maximum Gasteiger partial charge on any atom is 0.415 e. The van der Waals surface area contributed by atoms with Crippen molar-refractivity contribution in [3.63, 3.8) is 0 Å². The van der Waals surface area contributed by atoms with Crippen molar-refractivity contribution in [2.75, 3.05) is 38.0 Å². The van der Waals surface area contributed by atoms with Crippen LogP contribution in [0.1, 0.15) is 42.7 Å². The van der Waals surface area contributed by atoms with E-state index in [9.17, 15) is 9.59 Å². The second-order valence-corrected chi connectivity index (χ2v) is 9.60. The zero-order valence-corrected chi connectivity index (χ0v) is 19.5. The minimum absolute atomic E-state index is 0.0952. The standard InChI is InChI=1S/C24H32N4O3S/c1-18-22(32-17-25-18)11-12-27-13-15-28(16-14-27)24(30)31-21-9-7-20(8-10-21)26-23(29)19-5-3-2-4-6-19/h7-10,17,19H,2-6,11-16H2,1H3,(H,26,29). The van der Waals surface area contributed by atoms with Crippen molar-refractivity contribution in [3.8, 4) is 5.75 Å². The van der Waals surface area contributed by atoms with Gasteiger partial charge in [0.25, 0.3) is 0 Å². The van der Waals surface area contributed by atoms with Gasteiger partial charge in [0.2, 0.25) is 5.91 Å². The van der Waals surface area contributed by atoms with Crippen molar-refractivity contribution in [2.45, 2.75) is 45.4 Å². The van der Waals surface area contributed by atoms with Crippen LogP contribution >= 0.6 is 11.3 Å². The Bertz CT molecular complexity index is 900. The van der Waals surface area contributed by atoms with Crippen molar-refractivity contribution in [1.29, 1.82) is 0 Å². The highest BCUT2D eigenvalue weighted by atomic mass is 32.1. The lowest BCUT2D eigenvalue weighted by molar-refractivity contribution is -0.120. The van der Waals surface area contributed by atoms with E-state index in [1.807, 2.05) is 5.51 Å². The molecule has 2 aromatic rings. The SMILES string of the molecule is Cc1ncsc1CCN1CCN(C(=O)Oc2ccc(NC(=O)C3CCCCC3)cc2)CC1. The molecule has 1 aromatic heterocycles. The fraction of sp³-hybridized carbons (Fsp3) is 0.542. The molecule has 1 saturated carbocycles. The summed E-state index contributed by atoms with van der Waals surface area (Å²) in [6, 6.07) is 7.06. The molecule has 0 bridgehead atoms. The number of piperazine rings is 1. The van der Waals surface area contributed by atoms with Gasteiger partial charge in [-0.05, 0) is 50.5 Å². The normalized spacial score (nSPS) is 17.8. The van der Waals surface area contributed by atoms with Gasteiger partial charge in [-0.15, -0.1) is 11.3 Å². The zero-order chi connectivity index (χ0) is 22.3. The van der Waals surface area contributed by atoms with Crippen LogP contribution in [0.3, 0.4) is 0 Å². The molecule has 1 aliphatic heterocycles. The van der Waals surface area contributed by atoms with E-state index in [-0.39, 0.29) is 17.9 Å². The highest BCUT2D eigenvalue weighted by Crippen LogP contribution is 2.25. The Morgan fingerprint density at radius 3 is 2.47 bits per heavy atom. The summed E-state index contributed by atoms with van der Waals surface area (Å²) in [6.07, 6.45) is 6.12. The topological polar surface area (TPSA) is 74.8 Å². The lowest BCUT2D eigenvalue weighted by Gasteiger charge is -2.33. The Balaban J connectivity index is 1.19. The number of nitrogens with one attached hydrogen (secondary N) is 1. The van der Waals surface area contributed by atoms with Crippen molar-refractivity contribution in [1.82, 2.24) is 14.8 Å². The number of aromatic nitrogens is 1. The summed E-state index contributed by atoms with van der Waals surface area (Å²) in [7, 11) is 0. The lowest BCUT2D eigenvalue weighted by atomic mass is 9.88. The van der Waals surface area contributed by atoms with Crippen molar-refractivity contribution < 1.29 is 14.3 Å². The molecule has 1 saturated heterocycles. The number of benzene rings is 1. The number of carbonyl (C=O) groups excluding carboxylic acids is 2. The minimum atomic E-state index is -0.318. The second-order valence-electron chi connectivity index (χ2n) is 8.66. The molecule has 2 amide bonds. The first-order chi connectivity index (χ1) is 15.6. The smallest absolute Gasteiger partial charge is 0.410 e. The predicted octanol–water partition coefficient (Wildman–Crippen LogP) is 4.33. The highest BCUT2D eigenvalue weighted by molar-refractivity contribution is 7.09. The molecule has 7 nitrogen and oxygen atoms in total. The molecule has 1 aromatic carbocycles. The maximum absolute atomic E-state index is 12.5. The van der Waals surface area contributed by atoms with E-state index in [0.717, 1.165) is 63.1 Å². The van der Waals surface area contributed by atoms with E-state index in [1.54, 1.807) is 40.5 Å². The summed E-state index contributed by atoms with van der Waals surface area (Å²) < 4.78 is 5.55. The molecule has 0 unspecified atom stereocenters. The molecule has 2 fully saturated rings. The van der Waals surface area contributed by atoms with Crippen molar-refractivity contribution in [2.24, 2.45) is 5.92 Å². The zero-order valence-electron chi connectivity index (χ0n) is 18.7. The van der Waals surface area contributed by atoms with Gasteiger partial charge in [0.05, 0.1) is 11.2 Å². The van der Waals surface area contributed by atoms with Gasteiger partial charge in [-0.3, -0.25) is 9.69 Å². The summed E-state index contributed by atoms with van der Waals surface area (Å²) in [4.78, 5) is 34.7.